The molecule has 2 aromatic heterocycles. The van der Waals surface area contributed by atoms with Crippen molar-refractivity contribution in [3.8, 4) is 5.69 Å². The van der Waals surface area contributed by atoms with Gasteiger partial charge >= 0.3 is 0 Å². The molecule has 0 atom stereocenters. The van der Waals surface area contributed by atoms with Gasteiger partial charge in [0, 0.05) is 11.8 Å². The summed E-state index contributed by atoms with van der Waals surface area (Å²) in [6.07, 6.45) is 0. The fourth-order valence-corrected chi connectivity index (χ4v) is 4.66. The Morgan fingerprint density at radius 1 is 1.16 bits per heavy atom. The van der Waals surface area contributed by atoms with Crippen LogP contribution in [0.3, 0.4) is 0 Å². The zero-order chi connectivity index (χ0) is 22.1. The van der Waals surface area contributed by atoms with Gasteiger partial charge in [-0.25, -0.2) is 13.8 Å². The normalized spacial score (nSPS) is 11.1. The number of anilines is 1. The molecule has 0 aliphatic carbocycles. The molecule has 0 saturated heterocycles. The molecule has 2 aromatic carbocycles. The molecule has 158 valence electrons. The molecule has 0 aliphatic rings. The van der Waals surface area contributed by atoms with Crippen LogP contribution in [0.4, 0.5) is 14.5 Å². The maximum Gasteiger partial charge on any atom is 0.276 e. The molecular formula is C22H17F2N3O2S2. The van der Waals surface area contributed by atoms with Gasteiger partial charge in [-0.3, -0.25) is 14.2 Å². The third-order valence-corrected chi connectivity index (χ3v) is 6.60. The van der Waals surface area contributed by atoms with Crippen LogP contribution in [0.2, 0.25) is 0 Å². The molecule has 9 heteroatoms. The number of aromatic nitrogens is 2. The van der Waals surface area contributed by atoms with Crippen LogP contribution in [-0.2, 0) is 4.79 Å². The number of nitrogens with one attached hydrogen (secondary N) is 1. The second-order valence-electron chi connectivity index (χ2n) is 6.88. The van der Waals surface area contributed by atoms with Crippen LogP contribution in [0.1, 0.15) is 11.1 Å². The van der Waals surface area contributed by atoms with E-state index in [1.54, 1.807) is 11.4 Å². The van der Waals surface area contributed by atoms with E-state index in [9.17, 15) is 18.4 Å². The molecule has 0 aliphatic heterocycles. The Kier molecular flexibility index (Phi) is 5.88. The minimum absolute atomic E-state index is 0.0164. The van der Waals surface area contributed by atoms with Crippen molar-refractivity contribution in [1.82, 2.24) is 9.55 Å². The van der Waals surface area contributed by atoms with Gasteiger partial charge in [0.1, 0.15) is 16.3 Å². The highest BCUT2D eigenvalue weighted by molar-refractivity contribution is 7.99. The van der Waals surface area contributed by atoms with Gasteiger partial charge in [0.25, 0.3) is 5.56 Å². The van der Waals surface area contributed by atoms with E-state index in [1.807, 2.05) is 32.0 Å². The van der Waals surface area contributed by atoms with E-state index in [2.05, 4.69) is 10.3 Å². The largest absolute Gasteiger partial charge is 0.325 e. The molecule has 0 radical (unpaired) electrons. The number of halogens is 2. The first-order chi connectivity index (χ1) is 14.8. The molecule has 0 saturated carbocycles. The highest BCUT2D eigenvalue weighted by Crippen LogP contribution is 2.25. The third kappa shape index (κ3) is 4.38. The predicted molar refractivity (Wildman–Crippen MR) is 120 cm³/mol. The van der Waals surface area contributed by atoms with E-state index in [0.717, 1.165) is 45.7 Å². The fourth-order valence-electron chi connectivity index (χ4n) is 3.09. The molecule has 1 N–H and O–H groups in total. The maximum absolute atomic E-state index is 13.8. The first kappa shape index (κ1) is 21.2. The second kappa shape index (κ2) is 8.60. The lowest BCUT2D eigenvalue weighted by Crippen LogP contribution is -2.22. The topological polar surface area (TPSA) is 64.0 Å². The van der Waals surface area contributed by atoms with Crippen molar-refractivity contribution in [3.05, 3.63) is 81.0 Å². The fraction of sp³-hybridized carbons (Fsp3) is 0.136. The molecule has 5 nitrogen and oxygen atoms in total. The monoisotopic (exact) mass is 457 g/mol. The first-order valence-corrected chi connectivity index (χ1v) is 11.2. The Labute approximate surface area is 184 Å². The van der Waals surface area contributed by atoms with Crippen LogP contribution in [0.15, 0.2) is 57.8 Å². The van der Waals surface area contributed by atoms with Crippen molar-refractivity contribution in [3.63, 3.8) is 0 Å². The highest BCUT2D eigenvalue weighted by atomic mass is 32.2. The van der Waals surface area contributed by atoms with E-state index in [-0.39, 0.29) is 22.5 Å². The smallest absolute Gasteiger partial charge is 0.276 e. The van der Waals surface area contributed by atoms with Crippen molar-refractivity contribution in [1.29, 1.82) is 0 Å². The summed E-state index contributed by atoms with van der Waals surface area (Å²) >= 11 is 2.22. The van der Waals surface area contributed by atoms with E-state index in [4.69, 9.17) is 0 Å². The lowest BCUT2D eigenvalue weighted by molar-refractivity contribution is -0.113. The maximum atomic E-state index is 13.8. The molecule has 2 heterocycles. The van der Waals surface area contributed by atoms with E-state index >= 15 is 0 Å². The summed E-state index contributed by atoms with van der Waals surface area (Å²) in [5.74, 6) is -1.93. The number of rotatable bonds is 5. The van der Waals surface area contributed by atoms with Gasteiger partial charge in [0.15, 0.2) is 5.16 Å². The number of carbonyl (C=O) groups excluding carboxylic acids is 1. The van der Waals surface area contributed by atoms with Gasteiger partial charge in [0.05, 0.1) is 17.0 Å². The van der Waals surface area contributed by atoms with Gasteiger partial charge < -0.3 is 5.32 Å². The summed E-state index contributed by atoms with van der Waals surface area (Å²) in [6.45, 7) is 3.87. The number of hydrogen-bond acceptors (Lipinski definition) is 5. The Morgan fingerprint density at radius 2 is 1.90 bits per heavy atom. The van der Waals surface area contributed by atoms with Crippen molar-refractivity contribution >= 4 is 44.9 Å². The zero-order valence-electron chi connectivity index (χ0n) is 16.6. The molecule has 0 unspecified atom stereocenters. The van der Waals surface area contributed by atoms with Gasteiger partial charge in [-0.1, -0.05) is 23.9 Å². The van der Waals surface area contributed by atoms with Crippen LogP contribution < -0.4 is 10.9 Å². The number of fused-ring (bicyclic) bond motifs is 1. The van der Waals surface area contributed by atoms with E-state index in [1.165, 1.54) is 11.3 Å². The first-order valence-electron chi connectivity index (χ1n) is 9.29. The molecule has 0 spiro atoms. The van der Waals surface area contributed by atoms with Gasteiger partial charge in [0.2, 0.25) is 5.91 Å². The molecule has 0 bridgehead atoms. The number of thioether (sulfide) groups is 1. The van der Waals surface area contributed by atoms with Crippen molar-refractivity contribution in [2.24, 2.45) is 0 Å². The van der Waals surface area contributed by atoms with Crippen LogP contribution in [0.25, 0.3) is 15.9 Å². The third-order valence-electron chi connectivity index (χ3n) is 4.77. The highest BCUT2D eigenvalue weighted by Gasteiger charge is 2.17. The Hall–Kier alpha value is -3.04. The van der Waals surface area contributed by atoms with Gasteiger partial charge in [-0.2, -0.15) is 0 Å². The average Bonchev–Trinajstić information content (AvgIpc) is 3.18. The number of nitrogens with zero attached hydrogens (tertiary/aromatic N) is 2. The minimum atomic E-state index is -0.809. The van der Waals surface area contributed by atoms with Crippen molar-refractivity contribution in [2.75, 3.05) is 11.1 Å². The Bertz CT molecular complexity index is 1340. The van der Waals surface area contributed by atoms with Crippen LogP contribution in [0.5, 0.6) is 0 Å². The van der Waals surface area contributed by atoms with Crippen molar-refractivity contribution in [2.45, 2.75) is 19.0 Å². The van der Waals surface area contributed by atoms with Gasteiger partial charge in [-0.15, -0.1) is 11.3 Å². The molecule has 1 amide bonds. The molecule has 4 rings (SSSR count). The van der Waals surface area contributed by atoms with Crippen LogP contribution in [0, 0.1) is 25.5 Å². The van der Waals surface area contributed by atoms with E-state index < -0.39 is 17.2 Å². The summed E-state index contributed by atoms with van der Waals surface area (Å²) in [5, 5.41) is 4.75. The van der Waals surface area contributed by atoms with E-state index in [0.29, 0.717) is 15.9 Å². The number of thiophene rings is 1. The lowest BCUT2D eigenvalue weighted by Gasteiger charge is -2.13. The minimum Gasteiger partial charge on any atom is -0.325 e. The molecule has 31 heavy (non-hydrogen) atoms. The summed E-state index contributed by atoms with van der Waals surface area (Å²) < 4.78 is 29.1. The number of aryl methyl sites for hydroxylation is 1. The zero-order valence-corrected chi connectivity index (χ0v) is 18.2. The Balaban J connectivity index is 1.67. The summed E-state index contributed by atoms with van der Waals surface area (Å²) in [7, 11) is 0. The van der Waals surface area contributed by atoms with Crippen LogP contribution >= 0.6 is 23.1 Å². The number of carbonyl (C=O) groups is 1. The molecule has 0 fully saturated rings. The molecular weight excluding hydrogens is 440 g/mol. The second-order valence-corrected chi connectivity index (χ2v) is 8.74. The summed E-state index contributed by atoms with van der Waals surface area (Å²) in [5.41, 5.74) is 2.77. The predicted octanol–water partition coefficient (Wildman–Crippen LogP) is 5.07. The van der Waals surface area contributed by atoms with Crippen molar-refractivity contribution < 1.29 is 13.6 Å². The standard InChI is InChI=1S/C22H17F2N3O2S2/c1-12-4-3-5-17(13(12)2)25-19(28)11-31-22-26-18-6-7-30-20(18)21(29)27(22)16-9-14(23)8-15(24)10-16/h3-10H,11H2,1-2H3,(H,25,28). The summed E-state index contributed by atoms with van der Waals surface area (Å²) in [6, 6.07) is 10.2. The van der Waals surface area contributed by atoms with Gasteiger partial charge in [-0.05, 0) is 54.6 Å². The lowest BCUT2D eigenvalue weighted by atomic mass is 10.1. The Morgan fingerprint density at radius 3 is 2.65 bits per heavy atom. The SMILES string of the molecule is Cc1cccc(NC(=O)CSc2nc3ccsc3c(=O)n2-c2cc(F)cc(F)c2)c1C. The molecule has 4 aromatic rings. The number of hydrogen-bond donors (Lipinski definition) is 1. The number of amides is 1. The number of benzene rings is 2. The summed E-state index contributed by atoms with van der Waals surface area (Å²) in [4.78, 5) is 30.0. The quantitative estimate of drug-likeness (QED) is 0.336. The average molecular weight is 458 g/mol. The van der Waals surface area contributed by atoms with Crippen LogP contribution in [-0.4, -0.2) is 21.2 Å².